The monoisotopic (exact) mass is 335 g/mol. The maximum Gasteiger partial charge on any atom is 0.326 e. The molecule has 128 valence electrons. The number of hydrogen-bond acceptors (Lipinski definition) is 6. The maximum atomic E-state index is 12.1. The van der Waals surface area contributed by atoms with Gasteiger partial charge in [-0.2, -0.15) is 12.6 Å². The summed E-state index contributed by atoms with van der Waals surface area (Å²) in [6.07, 6.45) is -0.807. The van der Waals surface area contributed by atoms with Crippen molar-refractivity contribution in [3.63, 3.8) is 0 Å². The summed E-state index contributed by atoms with van der Waals surface area (Å²) >= 11 is 3.97. The molecule has 0 aliphatic heterocycles. The Bertz CT molecular complexity index is 403. The Hall–Kier alpha value is -1.32. The van der Waals surface area contributed by atoms with Crippen molar-refractivity contribution in [2.24, 2.45) is 11.7 Å². The third-order valence-electron chi connectivity index (χ3n) is 2.96. The van der Waals surface area contributed by atoms with Crippen LogP contribution in [0, 0.1) is 5.92 Å². The Labute approximate surface area is 135 Å². The molecule has 0 aliphatic rings. The number of thiol groups is 1. The van der Waals surface area contributed by atoms with Crippen molar-refractivity contribution in [1.82, 2.24) is 10.6 Å². The minimum Gasteiger partial charge on any atom is -0.480 e. The van der Waals surface area contributed by atoms with Crippen LogP contribution in [0.3, 0.4) is 0 Å². The summed E-state index contributed by atoms with van der Waals surface area (Å²) in [7, 11) is 0. The van der Waals surface area contributed by atoms with Crippen LogP contribution >= 0.6 is 12.6 Å². The minimum atomic E-state index is -1.18. The zero-order valence-corrected chi connectivity index (χ0v) is 13.8. The zero-order chi connectivity index (χ0) is 17.4. The lowest BCUT2D eigenvalue weighted by Crippen LogP contribution is -2.57. The molecule has 0 unspecified atom stereocenters. The minimum absolute atomic E-state index is 0.0296. The van der Waals surface area contributed by atoms with E-state index in [2.05, 4.69) is 23.3 Å². The van der Waals surface area contributed by atoms with Gasteiger partial charge in [0.25, 0.3) is 0 Å². The van der Waals surface area contributed by atoms with Gasteiger partial charge in [0.15, 0.2) is 0 Å². The van der Waals surface area contributed by atoms with E-state index in [0.29, 0.717) is 0 Å². The predicted molar refractivity (Wildman–Crippen MR) is 84.5 cm³/mol. The first kappa shape index (κ1) is 20.7. The second-order valence-corrected chi connectivity index (χ2v) is 5.90. The van der Waals surface area contributed by atoms with Crippen LogP contribution in [0.5, 0.6) is 0 Å². The van der Waals surface area contributed by atoms with Crippen molar-refractivity contribution in [1.29, 1.82) is 0 Å². The first-order valence-electron chi connectivity index (χ1n) is 6.98. The highest BCUT2D eigenvalue weighted by Gasteiger charge is 2.28. The van der Waals surface area contributed by atoms with Gasteiger partial charge in [0, 0.05) is 5.75 Å². The molecular formula is C13H25N3O5S. The molecule has 9 heteroatoms. The molecule has 2 amide bonds. The van der Waals surface area contributed by atoms with Gasteiger partial charge in [-0.1, -0.05) is 13.8 Å². The Morgan fingerprint density at radius 2 is 1.59 bits per heavy atom. The lowest BCUT2D eigenvalue weighted by atomic mass is 10.0. The van der Waals surface area contributed by atoms with Crippen molar-refractivity contribution < 1.29 is 24.6 Å². The van der Waals surface area contributed by atoms with Crippen molar-refractivity contribution in [2.45, 2.75) is 51.4 Å². The van der Waals surface area contributed by atoms with Crippen molar-refractivity contribution in [3.05, 3.63) is 0 Å². The van der Waals surface area contributed by atoms with Gasteiger partial charge in [0.05, 0.1) is 6.10 Å². The van der Waals surface area contributed by atoms with E-state index < -0.39 is 42.0 Å². The molecule has 0 aromatic heterocycles. The molecule has 0 rings (SSSR count). The second-order valence-electron chi connectivity index (χ2n) is 5.54. The highest BCUT2D eigenvalue weighted by molar-refractivity contribution is 7.80. The number of amides is 2. The number of carbonyl (C=O) groups excluding carboxylic acids is 2. The molecule has 0 spiro atoms. The number of nitrogens with two attached hydrogens (primary N) is 1. The van der Waals surface area contributed by atoms with Gasteiger partial charge in [0.1, 0.15) is 18.1 Å². The molecule has 0 saturated carbocycles. The van der Waals surface area contributed by atoms with Gasteiger partial charge in [-0.05, 0) is 19.3 Å². The van der Waals surface area contributed by atoms with Crippen molar-refractivity contribution in [3.8, 4) is 0 Å². The van der Waals surface area contributed by atoms with Crippen molar-refractivity contribution >= 4 is 30.4 Å². The number of carboxylic acid groups (broad SMARTS) is 1. The first-order chi connectivity index (χ1) is 10.1. The molecule has 0 saturated heterocycles. The van der Waals surface area contributed by atoms with E-state index in [9.17, 15) is 19.5 Å². The molecule has 0 heterocycles. The Morgan fingerprint density at radius 3 is 1.95 bits per heavy atom. The van der Waals surface area contributed by atoms with Gasteiger partial charge in [-0.15, -0.1) is 0 Å². The first-order valence-corrected chi connectivity index (χ1v) is 7.61. The third kappa shape index (κ3) is 7.10. The quantitative estimate of drug-likeness (QED) is 0.290. The SMILES string of the molecule is CC(C)C[C@H](NC(=O)[C@H](CS)NC(=O)[C@@H](N)[C@@H](C)O)C(=O)O. The Balaban J connectivity index is 4.76. The van der Waals surface area contributed by atoms with Crippen LogP contribution in [-0.4, -0.2) is 58.0 Å². The number of aliphatic hydroxyl groups excluding tert-OH is 1. The number of rotatable bonds is 9. The molecule has 0 aromatic rings. The number of hydrogen-bond donors (Lipinski definition) is 6. The smallest absolute Gasteiger partial charge is 0.326 e. The van der Waals surface area contributed by atoms with Crippen LogP contribution in [0.4, 0.5) is 0 Å². The van der Waals surface area contributed by atoms with Crippen LogP contribution in [0.15, 0.2) is 0 Å². The average Bonchev–Trinajstić information content (AvgIpc) is 2.41. The summed E-state index contributed by atoms with van der Waals surface area (Å²) in [5, 5.41) is 23.1. The van der Waals surface area contributed by atoms with E-state index in [1.165, 1.54) is 6.92 Å². The van der Waals surface area contributed by atoms with Gasteiger partial charge in [-0.25, -0.2) is 4.79 Å². The third-order valence-corrected chi connectivity index (χ3v) is 3.32. The van der Waals surface area contributed by atoms with E-state index in [1.54, 1.807) is 0 Å². The molecular weight excluding hydrogens is 310 g/mol. The number of aliphatic carboxylic acids is 1. The second kappa shape index (κ2) is 9.65. The molecule has 0 bridgehead atoms. The van der Waals surface area contributed by atoms with Crippen LogP contribution in [0.25, 0.3) is 0 Å². The molecule has 0 aliphatic carbocycles. The summed E-state index contributed by atoms with van der Waals surface area (Å²) in [5.41, 5.74) is 5.47. The molecule has 0 fully saturated rings. The number of nitrogens with one attached hydrogen (secondary N) is 2. The van der Waals surface area contributed by atoms with E-state index >= 15 is 0 Å². The average molecular weight is 335 g/mol. The molecule has 4 atom stereocenters. The molecule has 6 N–H and O–H groups in total. The van der Waals surface area contributed by atoms with Crippen molar-refractivity contribution in [2.75, 3.05) is 5.75 Å². The van der Waals surface area contributed by atoms with E-state index in [4.69, 9.17) is 10.8 Å². The van der Waals surface area contributed by atoms with Crippen LogP contribution < -0.4 is 16.4 Å². The standard InChI is InChI=1S/C13H25N3O5S/c1-6(2)4-8(13(20)21)15-11(18)9(5-22)16-12(19)10(14)7(3)17/h6-10,17,22H,4-5,14H2,1-3H3,(H,15,18)(H,16,19)(H,20,21)/t7-,8+,9+,10+/m1/s1. The number of carboxylic acids is 1. The fraction of sp³-hybridized carbons (Fsp3) is 0.769. The summed E-state index contributed by atoms with van der Waals surface area (Å²) in [5.74, 6) is -2.46. The Morgan fingerprint density at radius 1 is 1.09 bits per heavy atom. The number of carbonyl (C=O) groups is 3. The fourth-order valence-corrected chi connectivity index (χ4v) is 1.90. The topological polar surface area (TPSA) is 142 Å². The van der Waals surface area contributed by atoms with Crippen LogP contribution in [0.2, 0.25) is 0 Å². The molecule has 0 aromatic carbocycles. The highest BCUT2D eigenvalue weighted by atomic mass is 32.1. The van der Waals surface area contributed by atoms with Crippen LogP contribution in [-0.2, 0) is 14.4 Å². The predicted octanol–water partition coefficient (Wildman–Crippen LogP) is -1.28. The molecule has 22 heavy (non-hydrogen) atoms. The van der Waals surface area contributed by atoms with Gasteiger partial charge in [0.2, 0.25) is 11.8 Å². The highest BCUT2D eigenvalue weighted by Crippen LogP contribution is 2.05. The number of aliphatic hydroxyl groups is 1. The van der Waals surface area contributed by atoms with Gasteiger partial charge < -0.3 is 26.6 Å². The molecule has 8 nitrogen and oxygen atoms in total. The normalized spacial score (nSPS) is 16.5. The van der Waals surface area contributed by atoms with Gasteiger partial charge >= 0.3 is 5.97 Å². The largest absolute Gasteiger partial charge is 0.480 e. The maximum absolute atomic E-state index is 12.1. The van der Waals surface area contributed by atoms with E-state index in [0.717, 1.165) is 0 Å². The lowest BCUT2D eigenvalue weighted by molar-refractivity contribution is -0.142. The summed E-state index contributed by atoms with van der Waals surface area (Å²) in [6.45, 7) is 5.02. The zero-order valence-electron chi connectivity index (χ0n) is 12.9. The lowest BCUT2D eigenvalue weighted by Gasteiger charge is -2.23. The summed E-state index contributed by atoms with van der Waals surface area (Å²) in [6, 6.07) is -3.26. The van der Waals surface area contributed by atoms with Gasteiger partial charge in [-0.3, -0.25) is 9.59 Å². The fourth-order valence-electron chi connectivity index (χ4n) is 1.65. The summed E-state index contributed by atoms with van der Waals surface area (Å²) in [4.78, 5) is 34.9. The van der Waals surface area contributed by atoms with E-state index in [1.807, 2.05) is 13.8 Å². The van der Waals surface area contributed by atoms with Crippen LogP contribution in [0.1, 0.15) is 27.2 Å². The summed E-state index contributed by atoms with van der Waals surface area (Å²) < 4.78 is 0. The van der Waals surface area contributed by atoms with E-state index in [-0.39, 0.29) is 18.1 Å². The molecule has 0 radical (unpaired) electrons. The Kier molecular flexibility index (Phi) is 9.07.